The Morgan fingerprint density at radius 1 is 1.33 bits per heavy atom. The summed E-state index contributed by atoms with van der Waals surface area (Å²) in [5.41, 5.74) is 6.41. The lowest BCUT2D eigenvalue weighted by Gasteiger charge is -2.29. The van der Waals surface area contributed by atoms with Gasteiger partial charge >= 0.3 is 0 Å². The molecule has 1 aliphatic rings. The van der Waals surface area contributed by atoms with E-state index in [1.165, 1.54) is 6.42 Å². The van der Waals surface area contributed by atoms with Crippen LogP contribution in [-0.4, -0.2) is 24.1 Å². The second-order valence-corrected chi connectivity index (χ2v) is 5.09. The SMILES string of the molecule is N/C(=N/O)c1ccc(N2CCCCC2)c(F)c1Br. The summed E-state index contributed by atoms with van der Waals surface area (Å²) in [6.45, 7) is 1.73. The van der Waals surface area contributed by atoms with E-state index in [0.29, 0.717) is 11.3 Å². The normalized spacial score (nSPS) is 17.0. The molecule has 0 saturated carbocycles. The third-order valence-corrected chi connectivity index (χ3v) is 3.92. The summed E-state index contributed by atoms with van der Waals surface area (Å²) in [7, 11) is 0. The van der Waals surface area contributed by atoms with E-state index in [1.807, 2.05) is 4.90 Å². The van der Waals surface area contributed by atoms with Gasteiger partial charge in [-0.25, -0.2) is 4.39 Å². The minimum atomic E-state index is -0.360. The molecule has 3 N–H and O–H groups in total. The molecule has 1 aromatic carbocycles. The van der Waals surface area contributed by atoms with Crippen molar-refractivity contribution in [2.75, 3.05) is 18.0 Å². The molecule has 6 heteroatoms. The lowest BCUT2D eigenvalue weighted by atomic mass is 10.1. The number of nitrogens with zero attached hydrogens (tertiary/aromatic N) is 2. The number of nitrogens with two attached hydrogens (primary N) is 1. The smallest absolute Gasteiger partial charge is 0.171 e. The number of amidine groups is 1. The molecule has 18 heavy (non-hydrogen) atoms. The highest BCUT2D eigenvalue weighted by Gasteiger charge is 2.19. The minimum absolute atomic E-state index is 0.106. The predicted octanol–water partition coefficient (Wildman–Crippen LogP) is 2.67. The maximum absolute atomic E-state index is 14.3. The zero-order chi connectivity index (χ0) is 13.1. The summed E-state index contributed by atoms with van der Waals surface area (Å²) in [6, 6.07) is 3.34. The minimum Gasteiger partial charge on any atom is -0.409 e. The van der Waals surface area contributed by atoms with Crippen LogP contribution in [0.3, 0.4) is 0 Å². The zero-order valence-electron chi connectivity index (χ0n) is 9.87. The van der Waals surface area contributed by atoms with E-state index in [4.69, 9.17) is 10.9 Å². The Bertz CT molecular complexity index is 473. The lowest BCUT2D eigenvalue weighted by Crippen LogP contribution is -2.30. The van der Waals surface area contributed by atoms with E-state index in [2.05, 4.69) is 21.1 Å². The highest BCUT2D eigenvalue weighted by molar-refractivity contribution is 9.10. The molecule has 0 spiro atoms. The van der Waals surface area contributed by atoms with Crippen molar-refractivity contribution in [2.45, 2.75) is 19.3 Å². The number of piperidine rings is 1. The van der Waals surface area contributed by atoms with Crippen LogP contribution < -0.4 is 10.6 Å². The van der Waals surface area contributed by atoms with Crippen molar-refractivity contribution >= 4 is 27.5 Å². The Morgan fingerprint density at radius 3 is 2.61 bits per heavy atom. The van der Waals surface area contributed by atoms with Gasteiger partial charge in [-0.3, -0.25) is 0 Å². The standard InChI is InChI=1S/C12H15BrFN3O/c13-10-8(12(15)16-18)4-5-9(11(10)14)17-6-2-1-3-7-17/h4-5,18H,1-3,6-7H2,(H2,15,16). The molecule has 0 aromatic heterocycles. The van der Waals surface area contributed by atoms with E-state index >= 15 is 0 Å². The van der Waals surface area contributed by atoms with Gasteiger partial charge in [-0.2, -0.15) is 0 Å². The van der Waals surface area contributed by atoms with Crippen molar-refractivity contribution in [3.8, 4) is 0 Å². The molecule has 1 heterocycles. The third-order valence-electron chi connectivity index (χ3n) is 3.14. The van der Waals surface area contributed by atoms with Crippen LogP contribution in [0.5, 0.6) is 0 Å². The molecular weight excluding hydrogens is 301 g/mol. The molecule has 98 valence electrons. The van der Waals surface area contributed by atoms with Gasteiger partial charge in [0.25, 0.3) is 0 Å². The second kappa shape index (κ2) is 5.56. The van der Waals surface area contributed by atoms with Crippen molar-refractivity contribution in [3.63, 3.8) is 0 Å². The first-order valence-corrected chi connectivity index (χ1v) is 6.65. The maximum Gasteiger partial charge on any atom is 0.171 e. The fraction of sp³-hybridized carbons (Fsp3) is 0.417. The molecule has 0 amide bonds. The van der Waals surface area contributed by atoms with Crippen LogP contribution in [0, 0.1) is 5.82 Å². The topological polar surface area (TPSA) is 61.9 Å². The molecule has 4 nitrogen and oxygen atoms in total. The van der Waals surface area contributed by atoms with Crippen molar-refractivity contribution in [3.05, 3.63) is 28.0 Å². The molecule has 0 aliphatic carbocycles. The van der Waals surface area contributed by atoms with E-state index in [0.717, 1.165) is 25.9 Å². The summed E-state index contributed by atoms with van der Waals surface area (Å²) in [4.78, 5) is 2.03. The average Bonchev–Trinajstić information content (AvgIpc) is 2.42. The molecule has 0 bridgehead atoms. The third kappa shape index (κ3) is 2.43. The largest absolute Gasteiger partial charge is 0.409 e. The summed E-state index contributed by atoms with van der Waals surface area (Å²) < 4.78 is 14.5. The van der Waals surface area contributed by atoms with Gasteiger partial charge in [0, 0.05) is 18.7 Å². The van der Waals surface area contributed by atoms with Crippen molar-refractivity contribution in [2.24, 2.45) is 10.9 Å². The van der Waals surface area contributed by atoms with Gasteiger partial charge in [0.2, 0.25) is 0 Å². The summed E-state index contributed by atoms with van der Waals surface area (Å²) >= 11 is 3.17. The van der Waals surface area contributed by atoms with Crippen LogP contribution >= 0.6 is 15.9 Å². The second-order valence-electron chi connectivity index (χ2n) is 4.29. The number of anilines is 1. The van der Waals surface area contributed by atoms with E-state index in [9.17, 15) is 4.39 Å². The Morgan fingerprint density at radius 2 is 2.00 bits per heavy atom. The van der Waals surface area contributed by atoms with Crippen LogP contribution in [0.15, 0.2) is 21.8 Å². The van der Waals surface area contributed by atoms with Crippen LogP contribution in [0.25, 0.3) is 0 Å². The number of oxime groups is 1. The van der Waals surface area contributed by atoms with Crippen molar-refractivity contribution in [1.82, 2.24) is 0 Å². The molecule has 1 aromatic rings. The first kappa shape index (κ1) is 13.1. The van der Waals surface area contributed by atoms with Gasteiger partial charge in [0.15, 0.2) is 11.7 Å². The fourth-order valence-electron chi connectivity index (χ4n) is 2.17. The van der Waals surface area contributed by atoms with Crippen molar-refractivity contribution < 1.29 is 9.60 Å². The Kier molecular flexibility index (Phi) is 4.06. The first-order valence-electron chi connectivity index (χ1n) is 5.86. The monoisotopic (exact) mass is 315 g/mol. The molecule has 1 aliphatic heterocycles. The van der Waals surface area contributed by atoms with Crippen LogP contribution in [0.1, 0.15) is 24.8 Å². The quantitative estimate of drug-likeness (QED) is 0.382. The number of hydrogen-bond acceptors (Lipinski definition) is 3. The lowest BCUT2D eigenvalue weighted by molar-refractivity contribution is 0.318. The van der Waals surface area contributed by atoms with Crippen LogP contribution in [0.2, 0.25) is 0 Å². The highest BCUT2D eigenvalue weighted by atomic mass is 79.9. The highest BCUT2D eigenvalue weighted by Crippen LogP contribution is 2.30. The molecule has 1 fully saturated rings. The van der Waals surface area contributed by atoms with Gasteiger partial charge in [-0.05, 0) is 47.3 Å². The van der Waals surface area contributed by atoms with Gasteiger partial charge < -0.3 is 15.8 Å². The average molecular weight is 316 g/mol. The van der Waals surface area contributed by atoms with E-state index in [-0.39, 0.29) is 16.1 Å². The zero-order valence-corrected chi connectivity index (χ0v) is 11.5. The van der Waals surface area contributed by atoms with Crippen LogP contribution in [-0.2, 0) is 0 Å². The van der Waals surface area contributed by atoms with E-state index in [1.54, 1.807) is 12.1 Å². The predicted molar refractivity (Wildman–Crippen MR) is 72.7 cm³/mol. The summed E-state index contributed by atoms with van der Waals surface area (Å²) in [6.07, 6.45) is 3.36. The molecule has 0 unspecified atom stereocenters. The number of benzene rings is 1. The van der Waals surface area contributed by atoms with Gasteiger partial charge in [-0.15, -0.1) is 0 Å². The molecule has 0 atom stereocenters. The Balaban J connectivity index is 2.36. The summed E-state index contributed by atoms with van der Waals surface area (Å²) in [5.74, 6) is -0.466. The first-order chi connectivity index (χ1) is 8.65. The number of halogens is 2. The fourth-order valence-corrected chi connectivity index (χ4v) is 2.71. The number of rotatable bonds is 2. The maximum atomic E-state index is 14.3. The number of hydrogen-bond donors (Lipinski definition) is 2. The molecule has 2 rings (SSSR count). The summed E-state index contributed by atoms with van der Waals surface area (Å²) in [5, 5.41) is 11.5. The van der Waals surface area contributed by atoms with Gasteiger partial charge in [0.05, 0.1) is 10.2 Å². The molecule has 1 saturated heterocycles. The van der Waals surface area contributed by atoms with Crippen LogP contribution in [0.4, 0.5) is 10.1 Å². The van der Waals surface area contributed by atoms with Gasteiger partial charge in [-0.1, -0.05) is 5.16 Å². The van der Waals surface area contributed by atoms with E-state index < -0.39 is 0 Å². The van der Waals surface area contributed by atoms with Crippen molar-refractivity contribution in [1.29, 1.82) is 0 Å². The van der Waals surface area contributed by atoms with Gasteiger partial charge in [0.1, 0.15) is 0 Å². The molecule has 0 radical (unpaired) electrons. The Labute approximate surface area is 113 Å². The molecular formula is C12H15BrFN3O. The Hall–Kier alpha value is -1.30.